The molecule has 0 aromatic heterocycles. The first-order valence-corrected chi connectivity index (χ1v) is 9.73. The summed E-state index contributed by atoms with van der Waals surface area (Å²) in [6, 6.07) is 11.3. The van der Waals surface area contributed by atoms with Crippen LogP contribution in [0.1, 0.15) is 58.4 Å². The molecule has 3 rings (SSSR count). The highest BCUT2D eigenvalue weighted by atomic mass is 15.3. The molecule has 3 nitrogen and oxygen atoms in total. The van der Waals surface area contributed by atoms with Gasteiger partial charge >= 0.3 is 0 Å². The second-order valence-electron chi connectivity index (χ2n) is 9.59. The largest absolute Gasteiger partial charge is 0.369 e. The van der Waals surface area contributed by atoms with Crippen LogP contribution in [0.5, 0.6) is 0 Å². The van der Waals surface area contributed by atoms with E-state index >= 15 is 0 Å². The second kappa shape index (κ2) is 7.00. The zero-order chi connectivity index (χ0) is 18.1. The molecule has 0 N–H and O–H groups in total. The predicted molar refractivity (Wildman–Crippen MR) is 105 cm³/mol. The lowest BCUT2D eigenvalue weighted by Gasteiger charge is -2.46. The highest BCUT2D eigenvalue weighted by molar-refractivity contribution is 5.56. The van der Waals surface area contributed by atoms with Crippen LogP contribution >= 0.6 is 0 Å². The fourth-order valence-corrected chi connectivity index (χ4v) is 5.43. The van der Waals surface area contributed by atoms with Crippen molar-refractivity contribution in [3.63, 3.8) is 0 Å². The van der Waals surface area contributed by atoms with Gasteiger partial charge in [-0.3, -0.25) is 4.90 Å². The smallest absolute Gasteiger partial charge is 0.0867 e. The minimum absolute atomic E-state index is 0.408. The highest BCUT2D eigenvalue weighted by Crippen LogP contribution is 2.53. The van der Waals surface area contributed by atoms with Crippen molar-refractivity contribution in [2.24, 2.45) is 10.8 Å². The number of para-hydroxylation sites is 1. The zero-order valence-electron chi connectivity index (χ0n) is 16.4. The van der Waals surface area contributed by atoms with Gasteiger partial charge in [-0.15, -0.1) is 0 Å². The summed E-state index contributed by atoms with van der Waals surface area (Å²) in [6.07, 6.45) is 3.87. The van der Waals surface area contributed by atoms with Crippen LogP contribution < -0.4 is 4.90 Å². The van der Waals surface area contributed by atoms with Crippen molar-refractivity contribution in [1.82, 2.24) is 4.90 Å². The Kier molecular flexibility index (Phi) is 5.11. The SMILES string of the molecule is CC1(C)CC(c2ccccc2N2CCN(CC#N)CC2)CC(C)(C)C1. The van der Waals surface area contributed by atoms with Gasteiger partial charge in [0, 0.05) is 31.9 Å². The molecule has 1 aromatic rings. The Morgan fingerprint density at radius 1 is 1.00 bits per heavy atom. The van der Waals surface area contributed by atoms with E-state index in [2.05, 4.69) is 67.8 Å². The molecule has 1 heterocycles. The van der Waals surface area contributed by atoms with E-state index in [1.54, 1.807) is 0 Å². The average Bonchev–Trinajstić information content (AvgIpc) is 2.53. The minimum Gasteiger partial charge on any atom is -0.369 e. The minimum atomic E-state index is 0.408. The van der Waals surface area contributed by atoms with E-state index < -0.39 is 0 Å². The number of benzene rings is 1. The van der Waals surface area contributed by atoms with E-state index in [9.17, 15) is 0 Å². The summed E-state index contributed by atoms with van der Waals surface area (Å²) in [6.45, 7) is 14.3. The summed E-state index contributed by atoms with van der Waals surface area (Å²) < 4.78 is 0. The van der Waals surface area contributed by atoms with Gasteiger partial charge in [-0.2, -0.15) is 5.26 Å². The lowest BCUT2D eigenvalue weighted by molar-refractivity contribution is 0.0970. The predicted octanol–water partition coefficient (Wildman–Crippen LogP) is 4.65. The van der Waals surface area contributed by atoms with Crippen LogP contribution in [0.2, 0.25) is 0 Å². The Morgan fingerprint density at radius 3 is 2.20 bits per heavy atom. The maximum Gasteiger partial charge on any atom is 0.0867 e. The van der Waals surface area contributed by atoms with Crippen LogP contribution in [-0.4, -0.2) is 37.6 Å². The number of hydrogen-bond acceptors (Lipinski definition) is 3. The monoisotopic (exact) mass is 339 g/mol. The van der Waals surface area contributed by atoms with Crippen LogP contribution in [0.15, 0.2) is 24.3 Å². The third kappa shape index (κ3) is 4.36. The molecule has 1 aliphatic carbocycles. The van der Waals surface area contributed by atoms with Gasteiger partial charge < -0.3 is 4.90 Å². The molecule has 1 saturated carbocycles. The van der Waals surface area contributed by atoms with Crippen molar-refractivity contribution in [3.05, 3.63) is 29.8 Å². The van der Waals surface area contributed by atoms with Crippen LogP contribution in [-0.2, 0) is 0 Å². The third-order valence-corrected chi connectivity index (χ3v) is 5.94. The van der Waals surface area contributed by atoms with Gasteiger partial charge in [0.2, 0.25) is 0 Å². The van der Waals surface area contributed by atoms with Crippen LogP contribution in [0.25, 0.3) is 0 Å². The molecule has 1 aliphatic heterocycles. The van der Waals surface area contributed by atoms with Gasteiger partial charge in [-0.25, -0.2) is 0 Å². The van der Waals surface area contributed by atoms with E-state index in [1.165, 1.54) is 30.5 Å². The average molecular weight is 340 g/mol. The number of piperazine rings is 1. The van der Waals surface area contributed by atoms with Crippen molar-refractivity contribution in [3.8, 4) is 6.07 Å². The fourth-order valence-electron chi connectivity index (χ4n) is 5.43. The van der Waals surface area contributed by atoms with Crippen LogP contribution in [0.4, 0.5) is 5.69 Å². The molecular weight excluding hydrogens is 306 g/mol. The van der Waals surface area contributed by atoms with Gasteiger partial charge in [-0.05, 0) is 47.6 Å². The first-order valence-electron chi connectivity index (χ1n) is 9.73. The summed E-state index contributed by atoms with van der Waals surface area (Å²) in [5.74, 6) is 0.645. The van der Waals surface area contributed by atoms with E-state index in [1.807, 2.05) is 0 Å². The molecule has 136 valence electrons. The highest BCUT2D eigenvalue weighted by Gasteiger charge is 2.39. The maximum atomic E-state index is 8.91. The summed E-state index contributed by atoms with van der Waals surface area (Å²) in [5, 5.41) is 8.91. The number of anilines is 1. The van der Waals surface area contributed by atoms with Crippen molar-refractivity contribution in [2.45, 2.75) is 52.9 Å². The molecule has 0 amide bonds. The van der Waals surface area contributed by atoms with Crippen LogP contribution in [0, 0.1) is 22.2 Å². The van der Waals surface area contributed by atoms with Crippen molar-refractivity contribution >= 4 is 5.69 Å². The van der Waals surface area contributed by atoms with E-state index in [4.69, 9.17) is 5.26 Å². The first kappa shape index (κ1) is 18.3. The first-order chi connectivity index (χ1) is 11.8. The maximum absolute atomic E-state index is 8.91. The standard InChI is InChI=1S/C22H33N3/c1-21(2)15-18(16-22(3,4)17-21)19-7-5-6-8-20(19)25-13-11-24(10-9-23)12-14-25/h5-8,18H,10-17H2,1-4H3. The third-order valence-electron chi connectivity index (χ3n) is 5.94. The molecule has 0 spiro atoms. The van der Waals surface area contributed by atoms with E-state index in [0.717, 1.165) is 26.2 Å². The zero-order valence-corrected chi connectivity index (χ0v) is 16.4. The summed E-state index contributed by atoms with van der Waals surface area (Å²) in [5.41, 5.74) is 3.78. The summed E-state index contributed by atoms with van der Waals surface area (Å²) >= 11 is 0. The van der Waals surface area contributed by atoms with Crippen molar-refractivity contribution in [1.29, 1.82) is 5.26 Å². The molecule has 0 atom stereocenters. The van der Waals surface area contributed by atoms with Crippen molar-refractivity contribution in [2.75, 3.05) is 37.6 Å². The quantitative estimate of drug-likeness (QED) is 0.751. The van der Waals surface area contributed by atoms with Gasteiger partial charge in [0.1, 0.15) is 0 Å². The Balaban J connectivity index is 1.81. The Labute approximate surface area is 153 Å². The van der Waals surface area contributed by atoms with E-state index in [-0.39, 0.29) is 0 Å². The number of hydrogen-bond donors (Lipinski definition) is 0. The van der Waals surface area contributed by atoms with Gasteiger partial charge in [0.15, 0.2) is 0 Å². The lowest BCUT2D eigenvalue weighted by Crippen LogP contribution is -2.47. The molecule has 2 aliphatic rings. The second-order valence-corrected chi connectivity index (χ2v) is 9.59. The normalized spacial score (nSPS) is 24.0. The van der Waals surface area contributed by atoms with E-state index in [0.29, 0.717) is 23.3 Å². The molecule has 0 radical (unpaired) electrons. The molecule has 1 aromatic carbocycles. The number of nitrogens with zero attached hydrogens (tertiary/aromatic N) is 3. The molecule has 1 saturated heterocycles. The number of nitriles is 1. The number of rotatable bonds is 3. The van der Waals surface area contributed by atoms with Gasteiger partial charge in [0.05, 0.1) is 12.6 Å². The Bertz CT molecular complexity index is 617. The Hall–Kier alpha value is -1.53. The Morgan fingerprint density at radius 2 is 1.60 bits per heavy atom. The van der Waals surface area contributed by atoms with Gasteiger partial charge in [-0.1, -0.05) is 45.9 Å². The van der Waals surface area contributed by atoms with Crippen LogP contribution in [0.3, 0.4) is 0 Å². The lowest BCUT2D eigenvalue weighted by atomic mass is 9.60. The fraction of sp³-hybridized carbons (Fsp3) is 0.682. The molecular formula is C22H33N3. The molecule has 0 unspecified atom stereocenters. The topological polar surface area (TPSA) is 30.3 Å². The summed E-state index contributed by atoms with van der Waals surface area (Å²) in [7, 11) is 0. The van der Waals surface area contributed by atoms with Crippen molar-refractivity contribution < 1.29 is 0 Å². The molecule has 25 heavy (non-hydrogen) atoms. The molecule has 3 heteroatoms. The van der Waals surface area contributed by atoms with Gasteiger partial charge in [0.25, 0.3) is 0 Å². The molecule has 2 fully saturated rings. The molecule has 0 bridgehead atoms. The summed E-state index contributed by atoms with van der Waals surface area (Å²) in [4.78, 5) is 4.80.